The first-order valence-electron chi connectivity index (χ1n) is 4.26. The molecule has 16 heavy (non-hydrogen) atoms. The summed E-state index contributed by atoms with van der Waals surface area (Å²) in [5, 5.41) is -0.405. The molecule has 0 N–H and O–H groups in total. The first kappa shape index (κ1) is 12.8. The average Bonchev–Trinajstić information content (AvgIpc) is 2.16. The molecule has 0 spiro atoms. The lowest BCUT2D eigenvalue weighted by atomic mass is 10.2. The van der Waals surface area contributed by atoms with Gasteiger partial charge in [-0.3, -0.25) is 0 Å². The van der Waals surface area contributed by atoms with Crippen molar-refractivity contribution in [2.75, 3.05) is 6.61 Å². The van der Waals surface area contributed by atoms with Gasteiger partial charge in [0, 0.05) is 0 Å². The molecule has 0 aliphatic heterocycles. The predicted octanol–water partition coefficient (Wildman–Crippen LogP) is 2.93. The minimum atomic E-state index is -4.58. The van der Waals surface area contributed by atoms with Crippen molar-refractivity contribution >= 4 is 17.6 Å². The summed E-state index contributed by atoms with van der Waals surface area (Å²) in [5.41, 5.74) is -1.49. The third-order valence-electron chi connectivity index (χ3n) is 1.61. The summed E-state index contributed by atoms with van der Waals surface area (Å²) in [6.45, 7) is 1.58. The number of aromatic nitrogens is 1. The third-order valence-corrected chi connectivity index (χ3v) is 1.80. The van der Waals surface area contributed by atoms with Gasteiger partial charge in [-0.1, -0.05) is 11.6 Å². The summed E-state index contributed by atoms with van der Waals surface area (Å²) in [6.07, 6.45) is -4.58. The van der Waals surface area contributed by atoms with Crippen LogP contribution in [0, 0.1) is 0 Å². The van der Waals surface area contributed by atoms with Gasteiger partial charge in [-0.25, -0.2) is 9.78 Å². The van der Waals surface area contributed by atoms with Crippen molar-refractivity contribution in [2.24, 2.45) is 0 Å². The Bertz CT molecular complexity index is 406. The van der Waals surface area contributed by atoms with E-state index in [4.69, 9.17) is 11.6 Å². The Morgan fingerprint density at radius 1 is 1.50 bits per heavy atom. The maximum absolute atomic E-state index is 12.4. The zero-order valence-corrected chi connectivity index (χ0v) is 8.89. The minimum absolute atomic E-state index is 0.0500. The van der Waals surface area contributed by atoms with Gasteiger partial charge >= 0.3 is 12.1 Å². The molecule has 1 aromatic rings. The molecule has 0 aliphatic rings. The Kier molecular flexibility index (Phi) is 3.74. The minimum Gasteiger partial charge on any atom is -0.461 e. The zero-order valence-electron chi connectivity index (χ0n) is 8.14. The fourth-order valence-electron chi connectivity index (χ4n) is 0.970. The number of esters is 1. The molecule has 0 radical (unpaired) electrons. The molecule has 3 nitrogen and oxygen atoms in total. The summed E-state index contributed by atoms with van der Waals surface area (Å²) in [5.74, 6) is -0.935. The van der Waals surface area contributed by atoms with Crippen LogP contribution in [-0.4, -0.2) is 17.6 Å². The van der Waals surface area contributed by atoms with Crippen molar-refractivity contribution < 1.29 is 22.7 Å². The molecule has 0 fully saturated rings. The number of nitrogens with zero attached hydrogens (tertiary/aromatic N) is 1. The highest BCUT2D eigenvalue weighted by Gasteiger charge is 2.32. The topological polar surface area (TPSA) is 39.2 Å². The smallest absolute Gasteiger partial charge is 0.416 e. The van der Waals surface area contributed by atoms with Gasteiger partial charge in [0.2, 0.25) is 0 Å². The van der Waals surface area contributed by atoms with Crippen molar-refractivity contribution in [3.8, 4) is 0 Å². The number of halogens is 4. The van der Waals surface area contributed by atoms with Crippen LogP contribution in [0.4, 0.5) is 13.2 Å². The number of hydrogen-bond acceptors (Lipinski definition) is 3. The highest BCUT2D eigenvalue weighted by atomic mass is 35.5. The van der Waals surface area contributed by atoms with Crippen LogP contribution in [0.5, 0.6) is 0 Å². The van der Waals surface area contributed by atoms with Gasteiger partial charge in [0.1, 0.15) is 5.15 Å². The second-order valence-corrected chi connectivity index (χ2v) is 3.17. The summed E-state index contributed by atoms with van der Waals surface area (Å²) in [4.78, 5) is 14.6. The lowest BCUT2D eigenvalue weighted by Gasteiger charge is -2.08. The second kappa shape index (κ2) is 4.69. The highest BCUT2D eigenvalue weighted by molar-refractivity contribution is 6.29. The second-order valence-electron chi connectivity index (χ2n) is 2.78. The number of hydrogen-bond donors (Lipinski definition) is 0. The molecule has 0 atom stereocenters. The Balaban J connectivity index is 3.13. The lowest BCUT2D eigenvalue weighted by molar-refractivity contribution is -0.137. The fourth-order valence-corrected chi connectivity index (χ4v) is 1.18. The van der Waals surface area contributed by atoms with Gasteiger partial charge < -0.3 is 4.74 Å². The molecule has 7 heteroatoms. The molecule has 1 aromatic heterocycles. The van der Waals surface area contributed by atoms with Crippen LogP contribution in [0.25, 0.3) is 0 Å². The van der Waals surface area contributed by atoms with E-state index in [1.165, 1.54) is 6.92 Å². The largest absolute Gasteiger partial charge is 0.461 e. The van der Waals surface area contributed by atoms with E-state index in [2.05, 4.69) is 9.72 Å². The van der Waals surface area contributed by atoms with Gasteiger partial charge in [0.15, 0.2) is 5.69 Å². The Morgan fingerprint density at radius 2 is 2.12 bits per heavy atom. The van der Waals surface area contributed by atoms with Gasteiger partial charge in [-0.05, 0) is 19.1 Å². The first-order valence-corrected chi connectivity index (χ1v) is 4.64. The van der Waals surface area contributed by atoms with E-state index >= 15 is 0 Å². The summed E-state index contributed by atoms with van der Waals surface area (Å²) in [6, 6.07) is 1.24. The molecule has 88 valence electrons. The summed E-state index contributed by atoms with van der Waals surface area (Å²) >= 11 is 5.38. The summed E-state index contributed by atoms with van der Waals surface area (Å²) in [7, 11) is 0. The third kappa shape index (κ3) is 3.10. The van der Waals surface area contributed by atoms with Crippen molar-refractivity contribution in [3.05, 3.63) is 28.5 Å². The molecule has 0 aromatic carbocycles. The first-order chi connectivity index (χ1) is 7.34. The number of carbonyl (C=O) groups is 1. The number of rotatable bonds is 2. The zero-order chi connectivity index (χ0) is 12.3. The van der Waals surface area contributed by atoms with E-state index < -0.39 is 28.6 Å². The van der Waals surface area contributed by atoms with E-state index in [0.29, 0.717) is 12.1 Å². The van der Waals surface area contributed by atoms with Crippen molar-refractivity contribution in [1.82, 2.24) is 4.98 Å². The van der Waals surface area contributed by atoms with E-state index in [0.717, 1.165) is 0 Å². The van der Waals surface area contributed by atoms with Crippen LogP contribution in [-0.2, 0) is 10.9 Å². The maximum Gasteiger partial charge on any atom is 0.416 e. The highest BCUT2D eigenvalue weighted by Crippen LogP contribution is 2.30. The van der Waals surface area contributed by atoms with E-state index in [-0.39, 0.29) is 6.61 Å². The SMILES string of the molecule is CCOC(=O)c1cc(C(F)(F)F)cc(Cl)n1. The maximum atomic E-state index is 12.4. The van der Waals surface area contributed by atoms with Crippen LogP contribution in [0.3, 0.4) is 0 Å². The number of alkyl halides is 3. The Labute approximate surface area is 94.2 Å². The van der Waals surface area contributed by atoms with Crippen molar-refractivity contribution in [3.63, 3.8) is 0 Å². The number of ether oxygens (including phenoxy) is 1. The van der Waals surface area contributed by atoms with Gasteiger partial charge in [-0.2, -0.15) is 13.2 Å². The quantitative estimate of drug-likeness (QED) is 0.601. The molecular formula is C9H7ClF3NO2. The molecule has 1 rings (SSSR count). The monoisotopic (exact) mass is 253 g/mol. The van der Waals surface area contributed by atoms with Crippen LogP contribution < -0.4 is 0 Å². The standard InChI is InChI=1S/C9H7ClF3NO2/c1-2-16-8(15)6-3-5(9(11,12)13)4-7(10)14-6/h3-4H,2H2,1H3. The van der Waals surface area contributed by atoms with Gasteiger partial charge in [0.25, 0.3) is 0 Å². The Morgan fingerprint density at radius 3 is 2.62 bits per heavy atom. The molecule has 0 unspecified atom stereocenters. The van der Waals surface area contributed by atoms with Crippen molar-refractivity contribution in [2.45, 2.75) is 13.1 Å². The predicted molar refractivity (Wildman–Crippen MR) is 50.2 cm³/mol. The molecule has 0 saturated heterocycles. The van der Waals surface area contributed by atoms with Crippen LogP contribution in [0.1, 0.15) is 23.0 Å². The average molecular weight is 254 g/mol. The molecule has 0 bridgehead atoms. The summed E-state index contributed by atoms with van der Waals surface area (Å²) < 4.78 is 41.6. The lowest BCUT2D eigenvalue weighted by Crippen LogP contribution is -2.11. The molecule has 0 aliphatic carbocycles. The molecular weight excluding hydrogens is 247 g/mol. The van der Waals surface area contributed by atoms with Crippen LogP contribution in [0.15, 0.2) is 12.1 Å². The normalized spacial score (nSPS) is 11.3. The van der Waals surface area contributed by atoms with Gasteiger partial charge in [0.05, 0.1) is 12.2 Å². The fraction of sp³-hybridized carbons (Fsp3) is 0.333. The van der Waals surface area contributed by atoms with E-state index in [1.54, 1.807) is 0 Å². The molecule has 1 heterocycles. The van der Waals surface area contributed by atoms with Crippen LogP contribution >= 0.6 is 11.6 Å². The Hall–Kier alpha value is -1.30. The van der Waals surface area contributed by atoms with Crippen molar-refractivity contribution in [1.29, 1.82) is 0 Å². The molecule has 0 saturated carbocycles. The number of pyridine rings is 1. The van der Waals surface area contributed by atoms with E-state index in [9.17, 15) is 18.0 Å². The van der Waals surface area contributed by atoms with E-state index in [1.807, 2.05) is 0 Å². The molecule has 0 amide bonds. The van der Waals surface area contributed by atoms with Crippen LogP contribution in [0.2, 0.25) is 5.15 Å². The number of carbonyl (C=O) groups excluding carboxylic acids is 1. The van der Waals surface area contributed by atoms with Gasteiger partial charge in [-0.15, -0.1) is 0 Å².